The van der Waals surface area contributed by atoms with Crippen LogP contribution in [0.1, 0.15) is 11.3 Å². The van der Waals surface area contributed by atoms with Gasteiger partial charge in [0, 0.05) is 18.0 Å². The Bertz CT molecular complexity index is 1220. The molecule has 0 atom stereocenters. The van der Waals surface area contributed by atoms with Crippen LogP contribution in [0.3, 0.4) is 0 Å². The summed E-state index contributed by atoms with van der Waals surface area (Å²) in [5.41, 5.74) is 2.95. The van der Waals surface area contributed by atoms with Crippen molar-refractivity contribution < 1.29 is 4.74 Å². The molecule has 3 aromatic heterocycles. The molecule has 28 heavy (non-hydrogen) atoms. The number of aromatic nitrogens is 5. The van der Waals surface area contributed by atoms with Gasteiger partial charge in [0.2, 0.25) is 5.16 Å². The number of nitrogens with two attached hydrogens (primary N) is 1. The van der Waals surface area contributed by atoms with E-state index in [4.69, 9.17) is 10.6 Å². The number of methoxy groups -OCH3 is 1. The van der Waals surface area contributed by atoms with Gasteiger partial charge in [0.1, 0.15) is 11.4 Å². The zero-order valence-corrected chi connectivity index (χ0v) is 16.2. The highest BCUT2D eigenvalue weighted by Gasteiger charge is 2.16. The first-order valence-corrected chi connectivity index (χ1v) is 9.51. The van der Waals surface area contributed by atoms with Crippen molar-refractivity contribution in [1.29, 1.82) is 0 Å². The van der Waals surface area contributed by atoms with Crippen LogP contribution in [0.4, 0.5) is 0 Å². The summed E-state index contributed by atoms with van der Waals surface area (Å²) in [6, 6.07) is 12.7. The Morgan fingerprint density at radius 3 is 2.82 bits per heavy atom. The van der Waals surface area contributed by atoms with Gasteiger partial charge in [-0.25, -0.2) is 9.66 Å². The quantitative estimate of drug-likeness (QED) is 0.409. The van der Waals surface area contributed by atoms with Gasteiger partial charge in [-0.15, -0.1) is 10.2 Å². The molecule has 4 aromatic rings. The Morgan fingerprint density at radius 1 is 1.18 bits per heavy atom. The second kappa shape index (κ2) is 7.35. The number of fused-ring (bicyclic) bond motifs is 1. The molecule has 1 aromatic carbocycles. The van der Waals surface area contributed by atoms with E-state index in [1.54, 1.807) is 13.3 Å². The van der Waals surface area contributed by atoms with Crippen molar-refractivity contribution in [2.75, 3.05) is 13.0 Å². The van der Waals surface area contributed by atoms with Crippen molar-refractivity contribution in [2.24, 2.45) is 0 Å². The molecule has 0 saturated carbocycles. The Hall–Kier alpha value is -3.33. The molecule has 0 bridgehead atoms. The van der Waals surface area contributed by atoms with Crippen molar-refractivity contribution >= 4 is 17.4 Å². The van der Waals surface area contributed by atoms with E-state index in [9.17, 15) is 4.79 Å². The maximum atomic E-state index is 12.3. The van der Waals surface area contributed by atoms with Crippen LogP contribution in [0.15, 0.2) is 58.6 Å². The van der Waals surface area contributed by atoms with Gasteiger partial charge in [-0.3, -0.25) is 9.20 Å². The van der Waals surface area contributed by atoms with E-state index in [0.717, 1.165) is 11.1 Å². The van der Waals surface area contributed by atoms with Gasteiger partial charge in [-0.2, -0.15) is 0 Å². The summed E-state index contributed by atoms with van der Waals surface area (Å²) in [5.74, 6) is 7.80. The molecule has 4 rings (SSSR count). The summed E-state index contributed by atoms with van der Waals surface area (Å²) in [4.78, 5) is 16.8. The zero-order valence-electron chi connectivity index (χ0n) is 15.4. The van der Waals surface area contributed by atoms with Gasteiger partial charge in [0.05, 0.1) is 18.4 Å². The lowest BCUT2D eigenvalue weighted by Crippen LogP contribution is -2.15. The van der Waals surface area contributed by atoms with Crippen molar-refractivity contribution in [1.82, 2.24) is 24.3 Å². The van der Waals surface area contributed by atoms with Gasteiger partial charge in [-0.05, 0) is 36.8 Å². The monoisotopic (exact) mass is 394 g/mol. The van der Waals surface area contributed by atoms with Crippen molar-refractivity contribution in [3.8, 4) is 17.1 Å². The lowest BCUT2D eigenvalue weighted by molar-refractivity contribution is 0.416. The largest absolute Gasteiger partial charge is 0.496 e. The van der Waals surface area contributed by atoms with Gasteiger partial charge < -0.3 is 10.6 Å². The number of pyridine rings is 1. The number of ether oxygens (including phenoxy) is 1. The molecule has 3 heterocycles. The first-order chi connectivity index (χ1) is 13.6. The number of aryl methyl sites for hydroxylation is 1. The number of hydrogen-bond acceptors (Lipinski definition) is 7. The van der Waals surface area contributed by atoms with Gasteiger partial charge in [0.15, 0.2) is 5.82 Å². The fourth-order valence-corrected chi connectivity index (χ4v) is 3.60. The summed E-state index contributed by atoms with van der Waals surface area (Å²) < 4.78 is 8.30. The number of para-hydroxylation sites is 1. The number of thioether (sulfide) groups is 1. The van der Waals surface area contributed by atoms with Gasteiger partial charge in [0.25, 0.3) is 5.56 Å². The van der Waals surface area contributed by atoms with E-state index in [1.807, 2.05) is 43.3 Å². The second-order valence-corrected chi connectivity index (χ2v) is 7.13. The molecular weight excluding hydrogens is 376 g/mol. The lowest BCUT2D eigenvalue weighted by atomic mass is 10.2. The maximum absolute atomic E-state index is 12.3. The molecule has 0 radical (unpaired) electrons. The fraction of sp³-hybridized carbons (Fsp3) is 0.158. The van der Waals surface area contributed by atoms with Crippen LogP contribution >= 0.6 is 11.8 Å². The molecule has 9 heteroatoms. The minimum atomic E-state index is -0.121. The van der Waals surface area contributed by atoms with Crippen LogP contribution in [-0.4, -0.2) is 31.4 Å². The average Bonchev–Trinajstić information content (AvgIpc) is 3.06. The molecule has 2 N–H and O–H groups in total. The summed E-state index contributed by atoms with van der Waals surface area (Å²) in [6.07, 6.45) is 1.73. The molecule has 142 valence electrons. The highest BCUT2D eigenvalue weighted by atomic mass is 32.2. The van der Waals surface area contributed by atoms with Crippen LogP contribution < -0.4 is 16.1 Å². The van der Waals surface area contributed by atoms with Crippen molar-refractivity contribution in [3.63, 3.8) is 0 Å². The number of benzene rings is 1. The predicted octanol–water partition coefficient (Wildman–Crippen LogP) is 2.28. The number of hydrogen-bond donors (Lipinski definition) is 1. The van der Waals surface area contributed by atoms with E-state index >= 15 is 0 Å². The molecule has 0 aliphatic heterocycles. The third kappa shape index (κ3) is 3.31. The lowest BCUT2D eigenvalue weighted by Gasteiger charge is -2.08. The van der Waals surface area contributed by atoms with Crippen LogP contribution in [0.2, 0.25) is 0 Å². The molecule has 0 amide bonds. The highest BCUT2D eigenvalue weighted by molar-refractivity contribution is 7.98. The summed E-state index contributed by atoms with van der Waals surface area (Å²) in [6.45, 7) is 1.96. The number of rotatable bonds is 5. The van der Waals surface area contributed by atoms with E-state index in [-0.39, 0.29) is 5.56 Å². The normalized spacial score (nSPS) is 11.1. The Morgan fingerprint density at radius 2 is 2.00 bits per heavy atom. The first-order valence-electron chi connectivity index (χ1n) is 8.52. The zero-order chi connectivity index (χ0) is 19.7. The summed E-state index contributed by atoms with van der Waals surface area (Å²) in [7, 11) is 1.59. The molecule has 0 spiro atoms. The van der Waals surface area contributed by atoms with E-state index < -0.39 is 0 Å². The molecule has 8 nitrogen and oxygen atoms in total. The Balaban J connectivity index is 1.60. The van der Waals surface area contributed by atoms with Gasteiger partial charge in [-0.1, -0.05) is 23.9 Å². The minimum Gasteiger partial charge on any atom is -0.496 e. The summed E-state index contributed by atoms with van der Waals surface area (Å²) >= 11 is 1.36. The standard InChI is InChI=1S/C19H18N6O2S/c1-12-7-8-24-16(9-12)21-13(10-17(24)26)11-28-19-23-22-18(25(19)20)14-5-3-4-6-15(14)27-2/h3-10H,11,20H2,1-2H3. The van der Waals surface area contributed by atoms with Crippen LogP contribution in [0.5, 0.6) is 5.75 Å². The molecule has 0 saturated heterocycles. The fourth-order valence-electron chi connectivity index (χ4n) is 2.85. The molecule has 0 aliphatic rings. The third-order valence-corrected chi connectivity index (χ3v) is 5.21. The number of nitrogens with zero attached hydrogens (tertiary/aromatic N) is 5. The van der Waals surface area contributed by atoms with E-state index in [0.29, 0.717) is 33.8 Å². The molecular formula is C19H18N6O2S. The number of nitrogen functional groups attached to an aromatic ring is 1. The highest BCUT2D eigenvalue weighted by Crippen LogP contribution is 2.29. The topological polar surface area (TPSA) is 100 Å². The van der Waals surface area contributed by atoms with Crippen molar-refractivity contribution in [3.05, 3.63) is 70.3 Å². The van der Waals surface area contributed by atoms with Crippen LogP contribution in [0.25, 0.3) is 17.0 Å². The second-order valence-electron chi connectivity index (χ2n) is 6.18. The SMILES string of the molecule is COc1ccccc1-c1nnc(SCc2cc(=O)n3ccc(C)cc3n2)n1N. The molecule has 0 fully saturated rings. The summed E-state index contributed by atoms with van der Waals surface area (Å²) in [5, 5.41) is 8.87. The minimum absolute atomic E-state index is 0.121. The predicted molar refractivity (Wildman–Crippen MR) is 108 cm³/mol. The average molecular weight is 394 g/mol. The Kier molecular flexibility index (Phi) is 4.74. The smallest absolute Gasteiger partial charge is 0.258 e. The van der Waals surface area contributed by atoms with Crippen LogP contribution in [-0.2, 0) is 5.75 Å². The third-order valence-electron chi connectivity index (χ3n) is 4.24. The first kappa shape index (κ1) is 18.1. The van der Waals surface area contributed by atoms with E-state index in [2.05, 4.69) is 15.2 Å². The maximum Gasteiger partial charge on any atom is 0.258 e. The molecule has 0 unspecified atom stereocenters. The Labute approximate surface area is 165 Å². The molecule has 0 aliphatic carbocycles. The van der Waals surface area contributed by atoms with Gasteiger partial charge >= 0.3 is 0 Å². The van der Waals surface area contributed by atoms with Crippen LogP contribution in [0, 0.1) is 6.92 Å². The van der Waals surface area contributed by atoms with E-state index in [1.165, 1.54) is 26.9 Å². The van der Waals surface area contributed by atoms with Crippen molar-refractivity contribution in [2.45, 2.75) is 17.8 Å².